The van der Waals surface area contributed by atoms with Crippen molar-refractivity contribution < 1.29 is 9.53 Å². The van der Waals surface area contributed by atoms with Crippen LogP contribution in [0.2, 0.25) is 0 Å². The Labute approximate surface area is 143 Å². The quantitative estimate of drug-likeness (QED) is 0.864. The Hall–Kier alpha value is -2.14. The second-order valence-electron chi connectivity index (χ2n) is 6.53. The number of likely N-dealkylation sites (tertiary alicyclic amines) is 1. The van der Waals surface area contributed by atoms with Crippen molar-refractivity contribution in [2.75, 3.05) is 26.8 Å². The zero-order valence-corrected chi connectivity index (χ0v) is 14.4. The first kappa shape index (κ1) is 16.7. The van der Waals surface area contributed by atoms with E-state index in [-0.39, 0.29) is 17.5 Å². The van der Waals surface area contributed by atoms with Crippen LogP contribution >= 0.6 is 0 Å². The van der Waals surface area contributed by atoms with Gasteiger partial charge in [0, 0.05) is 31.3 Å². The highest BCUT2D eigenvalue weighted by molar-refractivity contribution is 6.00. The molecule has 0 saturated carbocycles. The molecule has 1 spiro atoms. The van der Waals surface area contributed by atoms with Crippen LogP contribution in [0.3, 0.4) is 0 Å². The highest BCUT2D eigenvalue weighted by Gasteiger charge is 2.44. The number of aliphatic imine (C=N–C) groups is 1. The monoisotopic (exact) mass is 327 g/mol. The van der Waals surface area contributed by atoms with Gasteiger partial charge >= 0.3 is 6.03 Å². The molecule has 1 aromatic rings. The van der Waals surface area contributed by atoms with Crippen molar-refractivity contribution >= 4 is 17.4 Å². The van der Waals surface area contributed by atoms with Gasteiger partial charge in [-0.3, -0.25) is 4.99 Å². The van der Waals surface area contributed by atoms with Gasteiger partial charge in [-0.25, -0.2) is 4.79 Å². The van der Waals surface area contributed by atoms with Crippen LogP contribution in [0.15, 0.2) is 41.9 Å². The SMILES string of the molecule is C=CC(COC)NC(=O)N1CCC2(CC1)C(C)=Nc1ccccc12. The molecule has 0 aliphatic carbocycles. The fourth-order valence-electron chi connectivity index (χ4n) is 3.78. The number of hydrogen-bond donors (Lipinski definition) is 1. The number of piperidine rings is 1. The van der Waals surface area contributed by atoms with E-state index >= 15 is 0 Å². The topological polar surface area (TPSA) is 53.9 Å². The Morgan fingerprint density at radius 3 is 2.83 bits per heavy atom. The average molecular weight is 327 g/mol. The molecule has 1 aromatic carbocycles. The van der Waals surface area contributed by atoms with E-state index in [1.54, 1.807) is 13.2 Å². The molecule has 3 rings (SSSR count). The molecule has 128 valence electrons. The van der Waals surface area contributed by atoms with Crippen LogP contribution in [-0.4, -0.2) is 49.5 Å². The molecule has 2 amide bonds. The smallest absolute Gasteiger partial charge is 0.317 e. The Morgan fingerprint density at radius 1 is 1.46 bits per heavy atom. The maximum absolute atomic E-state index is 12.5. The van der Waals surface area contributed by atoms with Gasteiger partial charge in [-0.2, -0.15) is 0 Å². The molecule has 0 radical (unpaired) electrons. The summed E-state index contributed by atoms with van der Waals surface area (Å²) >= 11 is 0. The Morgan fingerprint density at radius 2 is 2.17 bits per heavy atom. The van der Waals surface area contributed by atoms with Crippen LogP contribution in [0, 0.1) is 0 Å². The molecule has 0 bridgehead atoms. The van der Waals surface area contributed by atoms with E-state index in [2.05, 4.69) is 37.0 Å². The molecule has 5 heteroatoms. The number of nitrogens with one attached hydrogen (secondary N) is 1. The Kier molecular flexibility index (Phi) is 4.71. The number of para-hydroxylation sites is 1. The van der Waals surface area contributed by atoms with E-state index in [9.17, 15) is 4.79 Å². The van der Waals surface area contributed by atoms with Crippen LogP contribution in [-0.2, 0) is 10.2 Å². The van der Waals surface area contributed by atoms with Crippen molar-refractivity contribution in [2.45, 2.75) is 31.2 Å². The Bertz CT molecular complexity index is 660. The van der Waals surface area contributed by atoms with E-state index < -0.39 is 0 Å². The van der Waals surface area contributed by atoms with Gasteiger partial charge in [0.2, 0.25) is 0 Å². The normalized spacial score (nSPS) is 19.6. The summed E-state index contributed by atoms with van der Waals surface area (Å²) in [6.45, 7) is 7.74. The standard InChI is InChI=1S/C19H25N3O2/c1-4-15(13-24-3)21-18(23)22-11-9-19(10-12-22)14(2)20-17-8-6-5-7-16(17)19/h4-8,15H,1,9-13H2,2-3H3,(H,21,23). The number of urea groups is 1. The first-order chi connectivity index (χ1) is 11.6. The molecule has 1 unspecified atom stereocenters. The van der Waals surface area contributed by atoms with E-state index in [1.165, 1.54) is 11.3 Å². The lowest BCUT2D eigenvalue weighted by Gasteiger charge is -2.40. The van der Waals surface area contributed by atoms with Crippen molar-refractivity contribution in [1.82, 2.24) is 10.2 Å². The summed E-state index contributed by atoms with van der Waals surface area (Å²) in [7, 11) is 1.62. The number of carbonyl (C=O) groups excluding carboxylic acids is 1. The van der Waals surface area contributed by atoms with Gasteiger partial charge in [-0.05, 0) is 31.4 Å². The second kappa shape index (κ2) is 6.77. The minimum absolute atomic E-state index is 0.00224. The van der Waals surface area contributed by atoms with Gasteiger partial charge in [-0.1, -0.05) is 24.3 Å². The van der Waals surface area contributed by atoms with E-state index in [4.69, 9.17) is 9.73 Å². The number of rotatable bonds is 4. The molecule has 1 atom stereocenters. The predicted octanol–water partition coefficient (Wildman–Crippen LogP) is 3.04. The van der Waals surface area contributed by atoms with Crippen molar-refractivity contribution in [2.24, 2.45) is 4.99 Å². The van der Waals surface area contributed by atoms with Gasteiger partial charge in [-0.15, -0.1) is 6.58 Å². The van der Waals surface area contributed by atoms with Gasteiger partial charge < -0.3 is 15.0 Å². The summed E-state index contributed by atoms with van der Waals surface area (Å²) in [6, 6.07) is 8.15. The third kappa shape index (κ3) is 2.84. The summed E-state index contributed by atoms with van der Waals surface area (Å²) in [6.07, 6.45) is 3.53. The van der Waals surface area contributed by atoms with Crippen LogP contribution in [0.1, 0.15) is 25.3 Å². The number of nitrogens with zero attached hydrogens (tertiary/aromatic N) is 2. The van der Waals surface area contributed by atoms with Crippen molar-refractivity contribution in [3.8, 4) is 0 Å². The number of ether oxygens (including phenoxy) is 1. The first-order valence-corrected chi connectivity index (χ1v) is 8.43. The van der Waals surface area contributed by atoms with Gasteiger partial charge in [0.1, 0.15) is 0 Å². The summed E-state index contributed by atoms with van der Waals surface area (Å²) in [5.74, 6) is 0. The molecule has 1 N–H and O–H groups in total. The van der Waals surface area contributed by atoms with Crippen LogP contribution < -0.4 is 5.32 Å². The third-order valence-corrected chi connectivity index (χ3v) is 5.24. The molecule has 24 heavy (non-hydrogen) atoms. The molecule has 5 nitrogen and oxygen atoms in total. The lowest BCUT2D eigenvalue weighted by Crippen LogP contribution is -2.52. The number of amides is 2. The van der Waals surface area contributed by atoms with Crippen LogP contribution in [0.4, 0.5) is 10.5 Å². The summed E-state index contributed by atoms with van der Waals surface area (Å²) in [5.41, 5.74) is 3.57. The second-order valence-corrected chi connectivity index (χ2v) is 6.53. The lowest BCUT2D eigenvalue weighted by molar-refractivity contribution is 0.154. The van der Waals surface area contributed by atoms with Crippen LogP contribution in [0.25, 0.3) is 0 Å². The number of methoxy groups -OCH3 is 1. The fourth-order valence-corrected chi connectivity index (χ4v) is 3.78. The minimum atomic E-state index is -0.158. The molecule has 0 aromatic heterocycles. The maximum Gasteiger partial charge on any atom is 0.317 e. The number of carbonyl (C=O) groups is 1. The fraction of sp³-hybridized carbons (Fsp3) is 0.474. The lowest BCUT2D eigenvalue weighted by atomic mass is 9.71. The highest BCUT2D eigenvalue weighted by Crippen LogP contribution is 2.46. The van der Waals surface area contributed by atoms with Crippen molar-refractivity contribution in [3.05, 3.63) is 42.5 Å². The molecular formula is C19H25N3O2. The predicted molar refractivity (Wildman–Crippen MR) is 96.1 cm³/mol. The molecule has 2 aliphatic heterocycles. The van der Waals surface area contributed by atoms with E-state index in [0.717, 1.165) is 31.6 Å². The molecule has 2 aliphatic rings. The van der Waals surface area contributed by atoms with Crippen molar-refractivity contribution in [3.63, 3.8) is 0 Å². The largest absolute Gasteiger partial charge is 0.382 e. The van der Waals surface area contributed by atoms with Gasteiger partial charge in [0.05, 0.1) is 18.3 Å². The molecular weight excluding hydrogens is 302 g/mol. The van der Waals surface area contributed by atoms with Crippen molar-refractivity contribution in [1.29, 1.82) is 0 Å². The van der Waals surface area contributed by atoms with Crippen LogP contribution in [0.5, 0.6) is 0 Å². The zero-order valence-electron chi connectivity index (χ0n) is 14.4. The zero-order chi connectivity index (χ0) is 17.2. The molecule has 2 heterocycles. The number of fused-ring (bicyclic) bond motifs is 2. The minimum Gasteiger partial charge on any atom is -0.382 e. The highest BCUT2D eigenvalue weighted by atomic mass is 16.5. The first-order valence-electron chi connectivity index (χ1n) is 8.43. The number of benzene rings is 1. The summed E-state index contributed by atoms with van der Waals surface area (Å²) < 4.78 is 5.09. The number of hydrogen-bond acceptors (Lipinski definition) is 3. The van der Waals surface area contributed by atoms with Gasteiger partial charge in [0.25, 0.3) is 0 Å². The average Bonchev–Trinajstić information content (AvgIpc) is 2.87. The molecule has 1 saturated heterocycles. The van der Waals surface area contributed by atoms with E-state index in [0.29, 0.717) is 6.61 Å². The maximum atomic E-state index is 12.5. The summed E-state index contributed by atoms with van der Waals surface area (Å²) in [4.78, 5) is 19.1. The summed E-state index contributed by atoms with van der Waals surface area (Å²) in [5, 5.41) is 2.96. The van der Waals surface area contributed by atoms with Gasteiger partial charge in [0.15, 0.2) is 0 Å². The molecule has 1 fully saturated rings. The Balaban J connectivity index is 1.67. The van der Waals surface area contributed by atoms with E-state index in [1.807, 2.05) is 11.0 Å². The third-order valence-electron chi connectivity index (χ3n) is 5.24.